The number of nitrogens with zero attached hydrogens (tertiary/aromatic N) is 9. The van der Waals surface area contributed by atoms with E-state index in [1.54, 1.807) is 18.7 Å². The molecule has 3 heterocycles. The monoisotopic (exact) mass is 1380 g/mol. The van der Waals surface area contributed by atoms with Gasteiger partial charge in [-0.1, -0.05) is 73.1 Å². The molecule has 6 rings (SSSR count). The first-order chi connectivity index (χ1) is 45.2. The molecule has 0 bridgehead atoms. The van der Waals surface area contributed by atoms with Crippen molar-refractivity contribution in [1.82, 2.24) is 60.0 Å². The Morgan fingerprint density at radius 2 is 1.21 bits per heavy atom. The normalized spacial score (nSPS) is 29.7. The highest BCUT2D eigenvalue weighted by Gasteiger charge is 2.52. The fourth-order valence-corrected chi connectivity index (χ4v) is 15.8. The summed E-state index contributed by atoms with van der Waals surface area (Å²) in [7, 11) is 9.89. The van der Waals surface area contributed by atoms with Crippen molar-refractivity contribution in [3.8, 4) is 0 Å². The Hall–Kier alpha value is -6.28. The van der Waals surface area contributed by atoms with Crippen LogP contribution in [0.1, 0.15) is 182 Å². The third kappa shape index (κ3) is 19.5. The molecule has 3 saturated heterocycles. The molecule has 0 aromatic rings. The van der Waals surface area contributed by atoms with Gasteiger partial charge in [0.1, 0.15) is 47.8 Å². The largest absolute Gasteiger partial charge is 0.393 e. The smallest absolute Gasteiger partial charge is 0.343 e. The van der Waals surface area contributed by atoms with E-state index in [2.05, 4.69) is 16.0 Å². The molecule has 12 amide bonds. The van der Waals surface area contributed by atoms with Crippen molar-refractivity contribution in [2.45, 2.75) is 242 Å². The summed E-state index contributed by atoms with van der Waals surface area (Å²) in [4.78, 5) is 189. The zero-order chi connectivity index (χ0) is 71.3. The zero-order valence-corrected chi connectivity index (χ0v) is 59.7. The van der Waals surface area contributed by atoms with Crippen LogP contribution in [0.5, 0.6) is 0 Å². The van der Waals surface area contributed by atoms with Gasteiger partial charge in [0, 0.05) is 74.3 Å². The maximum Gasteiger partial charge on any atom is 0.393 e. The van der Waals surface area contributed by atoms with Crippen molar-refractivity contribution < 1.29 is 70.7 Å². The van der Waals surface area contributed by atoms with E-state index in [1.807, 2.05) is 20.8 Å². The lowest BCUT2D eigenvalue weighted by Gasteiger charge is -2.43. The van der Waals surface area contributed by atoms with Crippen molar-refractivity contribution in [2.75, 3.05) is 88.6 Å². The van der Waals surface area contributed by atoms with Gasteiger partial charge in [0.25, 0.3) is 0 Å². The summed E-state index contributed by atoms with van der Waals surface area (Å²) in [5, 5.41) is 7.54. The van der Waals surface area contributed by atoms with Crippen LogP contribution in [0.4, 0.5) is 13.2 Å². The van der Waals surface area contributed by atoms with E-state index in [4.69, 9.17) is 11.6 Å². The van der Waals surface area contributed by atoms with Crippen LogP contribution in [-0.4, -0.2) is 263 Å². The van der Waals surface area contributed by atoms with E-state index < -0.39 is 174 Å². The molecule has 0 radical (unpaired) electrons. The second-order valence-electron chi connectivity index (χ2n) is 28.9. The van der Waals surface area contributed by atoms with Gasteiger partial charge in [0.05, 0.1) is 32.0 Å². The quantitative estimate of drug-likeness (QED) is 0.246. The maximum atomic E-state index is 15.8. The Morgan fingerprint density at radius 3 is 1.80 bits per heavy atom. The van der Waals surface area contributed by atoms with Gasteiger partial charge in [-0.3, -0.25) is 57.5 Å². The number of alkyl halides is 4. The van der Waals surface area contributed by atoms with Crippen LogP contribution in [0.2, 0.25) is 0 Å². The molecule has 542 valence electrons. The van der Waals surface area contributed by atoms with E-state index in [0.29, 0.717) is 64.5 Å². The summed E-state index contributed by atoms with van der Waals surface area (Å²) in [6, 6.07) is -8.55. The van der Waals surface area contributed by atoms with E-state index in [0.717, 1.165) is 45.3 Å². The van der Waals surface area contributed by atoms with Crippen molar-refractivity contribution in [3.63, 3.8) is 0 Å². The van der Waals surface area contributed by atoms with Gasteiger partial charge in [-0.15, -0.1) is 11.6 Å². The van der Waals surface area contributed by atoms with Gasteiger partial charge in [-0.25, -0.2) is 0 Å². The Balaban J connectivity index is 1.41. The van der Waals surface area contributed by atoms with Crippen LogP contribution in [0, 0.1) is 29.6 Å². The number of rotatable bonds is 10. The summed E-state index contributed by atoms with van der Waals surface area (Å²) in [5.41, 5.74) is -1.55. The molecular weight excluding hydrogens is 1270 g/mol. The number of likely N-dealkylation sites (N-methyl/N-ethyl adjacent to an activating group) is 7. The van der Waals surface area contributed by atoms with Crippen LogP contribution in [0.15, 0.2) is 0 Å². The molecule has 3 aliphatic heterocycles. The van der Waals surface area contributed by atoms with Crippen LogP contribution in [0.3, 0.4) is 0 Å². The average molecular weight is 1380 g/mol. The number of likely N-dealkylation sites (tertiary alicyclic amines) is 1. The van der Waals surface area contributed by atoms with Gasteiger partial charge in [-0.05, 0) is 126 Å². The minimum atomic E-state index is -4.50. The van der Waals surface area contributed by atoms with Gasteiger partial charge in [0.15, 0.2) is 0 Å². The Kier molecular flexibility index (Phi) is 28.7. The number of halogens is 4. The minimum absolute atomic E-state index is 0.000831. The molecule has 0 aromatic heterocycles. The Bertz CT molecular complexity index is 2780. The second kappa shape index (κ2) is 35.0. The van der Waals surface area contributed by atoms with Gasteiger partial charge in [-0.2, -0.15) is 13.2 Å². The van der Waals surface area contributed by atoms with E-state index >= 15 is 28.8 Å². The summed E-state index contributed by atoms with van der Waals surface area (Å²) >= 11 is 6.36. The predicted octanol–water partition coefficient (Wildman–Crippen LogP) is 4.92. The SMILES string of the molecule is CC[C@H](C)[C@@H]1NC(=O)[C@H](CC(C)C)N(C)C(=O)C[C@@H](C(=O)N2CCCCC2)N(C)C(=O)[C@H](C2CCCCC2)N(C)C(=O)C2(CCCC2)NC(=O)[C@@H]2CCCN2C(=O)[C@H](CCC2CCC(C(F)(F)F)C(Cl)C2)NC(=O)CN(C)C(=O)[C@H](CC)N(C)C(=O)CN(C)C(=O)CN(C)C1=O. The van der Waals surface area contributed by atoms with Crippen LogP contribution >= 0.6 is 11.6 Å². The predicted molar refractivity (Wildman–Crippen MR) is 354 cm³/mol. The molecule has 28 heteroatoms. The maximum absolute atomic E-state index is 15.8. The van der Waals surface area contributed by atoms with Gasteiger partial charge < -0.3 is 60.0 Å². The highest BCUT2D eigenvalue weighted by atomic mass is 35.5. The van der Waals surface area contributed by atoms with E-state index in [-0.39, 0.29) is 82.6 Å². The minimum Gasteiger partial charge on any atom is -0.343 e. The number of fused-ring (bicyclic) bond motifs is 1. The van der Waals surface area contributed by atoms with Crippen molar-refractivity contribution >= 4 is 82.5 Å². The first kappa shape index (κ1) is 78.7. The molecule has 6 aliphatic rings. The number of amides is 12. The second-order valence-corrected chi connectivity index (χ2v) is 29.5. The Morgan fingerprint density at radius 1 is 0.604 bits per heavy atom. The number of hydrogen-bond acceptors (Lipinski definition) is 12. The molecule has 3 aliphatic carbocycles. The highest BCUT2D eigenvalue weighted by Crippen LogP contribution is 2.44. The standard InChI is InChI=1S/C68H110ClF3N12O12/c1-13-43(5)57-64(94)78(8)40-55(87)76(6)41-56(88)79(9)49(14-2)62(92)77(7)39-53(85)73-48(30-28-44-27-29-46(47(69)37-44)68(70,71)72)61(91)84-35-23-26-50(84)60(90)75-67(31-19-20-32-67)66(96)82(12)58(45-24-17-15-18-25-45)65(95)81(11)52(63(93)83-33-21-16-22-34-83)38-54(86)80(10)51(36-42(3)4)59(89)74-57/h42-52,57-58H,13-41H2,1-12H3,(H,73,85)(H,74,89)(H,75,90)/t43-,44?,46?,47?,48-,49-,50-,51-,52-,57-,58-/m0/s1. The van der Waals surface area contributed by atoms with Crippen molar-refractivity contribution in [2.24, 2.45) is 29.6 Å². The van der Waals surface area contributed by atoms with Crippen LogP contribution in [0.25, 0.3) is 0 Å². The molecule has 3 unspecified atom stereocenters. The third-order valence-corrected chi connectivity index (χ3v) is 22.0. The molecule has 3 saturated carbocycles. The third-order valence-electron chi connectivity index (χ3n) is 21.6. The molecule has 3 N–H and O–H groups in total. The fraction of sp³-hybridized carbons (Fsp3) is 0.824. The molecule has 6 fully saturated rings. The molecule has 11 atom stereocenters. The van der Waals surface area contributed by atoms with E-state index in [1.165, 1.54) is 68.9 Å². The lowest BCUT2D eigenvalue weighted by atomic mass is 9.78. The van der Waals surface area contributed by atoms with E-state index in [9.17, 15) is 41.9 Å². The Labute approximate surface area is 570 Å². The summed E-state index contributed by atoms with van der Waals surface area (Å²) in [6.45, 7) is 8.15. The fourth-order valence-electron chi connectivity index (χ4n) is 15.3. The summed E-state index contributed by atoms with van der Waals surface area (Å²) in [6.07, 6.45) is 3.36. The topological polar surface area (TPSA) is 270 Å². The van der Waals surface area contributed by atoms with Crippen LogP contribution < -0.4 is 16.0 Å². The van der Waals surface area contributed by atoms with Crippen molar-refractivity contribution in [3.05, 3.63) is 0 Å². The molecule has 0 aromatic carbocycles. The number of carbonyl (C=O) groups excluding carboxylic acids is 12. The molecule has 1 spiro atoms. The summed E-state index contributed by atoms with van der Waals surface area (Å²) < 4.78 is 41.8. The highest BCUT2D eigenvalue weighted by molar-refractivity contribution is 6.21. The number of hydrogen-bond donors (Lipinski definition) is 3. The number of nitrogens with one attached hydrogen (secondary N) is 3. The number of piperidine rings is 1. The number of carbonyl (C=O) groups is 12. The van der Waals surface area contributed by atoms with Crippen LogP contribution in [-0.2, 0) is 57.5 Å². The van der Waals surface area contributed by atoms with Gasteiger partial charge in [0.2, 0.25) is 70.9 Å². The lowest BCUT2D eigenvalue weighted by Crippen LogP contribution is -2.65. The first-order valence-electron chi connectivity index (χ1n) is 35.2. The zero-order valence-electron chi connectivity index (χ0n) is 58.9. The molecular formula is C68H110ClF3N12O12. The summed E-state index contributed by atoms with van der Waals surface area (Å²) in [5.74, 6) is -10.7. The first-order valence-corrected chi connectivity index (χ1v) is 35.6. The average Bonchev–Trinajstić information content (AvgIpc) is 1.02. The molecule has 96 heavy (non-hydrogen) atoms. The van der Waals surface area contributed by atoms with Gasteiger partial charge >= 0.3 is 6.18 Å². The lowest BCUT2D eigenvalue weighted by molar-refractivity contribution is -0.182. The van der Waals surface area contributed by atoms with Crippen molar-refractivity contribution in [1.29, 1.82) is 0 Å². The molecule has 24 nitrogen and oxygen atoms in total.